The lowest BCUT2D eigenvalue weighted by atomic mass is 9.97. The molecule has 3 atom stereocenters. The minimum atomic E-state index is -0.581. The molecule has 1 aliphatic heterocycles. The molecule has 1 heterocycles. The average molecular weight is 286 g/mol. The molecular weight excluding hydrogens is 264 g/mol. The molecule has 0 radical (unpaired) electrons. The molecule has 1 aromatic carbocycles. The highest BCUT2D eigenvalue weighted by Crippen LogP contribution is 2.25. The van der Waals surface area contributed by atoms with Crippen molar-refractivity contribution in [3.63, 3.8) is 0 Å². The molecule has 0 unspecified atom stereocenters. The largest absolute Gasteiger partial charge is 0.480 e. The maximum absolute atomic E-state index is 12.6. The van der Waals surface area contributed by atoms with Gasteiger partial charge in [-0.25, -0.2) is 0 Å². The molecule has 0 saturated carbocycles. The number of piperidine rings is 1. The van der Waals surface area contributed by atoms with Gasteiger partial charge in [0.2, 0.25) is 0 Å². The van der Waals surface area contributed by atoms with E-state index < -0.39 is 6.10 Å². The van der Waals surface area contributed by atoms with Crippen molar-refractivity contribution in [2.75, 3.05) is 0 Å². The molecule has 0 aromatic heterocycles. The van der Waals surface area contributed by atoms with Crippen molar-refractivity contribution in [3.05, 3.63) is 29.8 Å². The van der Waals surface area contributed by atoms with Crippen LogP contribution >= 0.6 is 0 Å². The maximum atomic E-state index is 12.6. The Kier molecular flexibility index (Phi) is 4.85. The minimum absolute atomic E-state index is 0.00226. The van der Waals surface area contributed by atoms with E-state index in [1.807, 2.05) is 4.90 Å². The van der Waals surface area contributed by atoms with E-state index in [0.29, 0.717) is 11.3 Å². The van der Waals surface area contributed by atoms with E-state index in [0.717, 1.165) is 12.8 Å². The number of nitriles is 1. The number of carbonyl (C=O) groups excluding carboxylic acids is 1. The summed E-state index contributed by atoms with van der Waals surface area (Å²) in [5.74, 6) is 0.473. The van der Waals surface area contributed by atoms with Gasteiger partial charge in [-0.3, -0.25) is 4.79 Å². The Morgan fingerprint density at radius 1 is 1.33 bits per heavy atom. The standard InChI is InChI=1S/C17H22N2O2/c1-12-7-6-8-13(2)19(12)17(20)14(3)21-16-10-5-4-9-15(16)11-18/h4-5,9-10,12-14H,6-8H2,1-3H3/t12-,13-,14-/m1/s1. The molecular formula is C17H22N2O2. The number of hydrogen-bond acceptors (Lipinski definition) is 3. The Morgan fingerprint density at radius 2 is 1.95 bits per heavy atom. The van der Waals surface area contributed by atoms with E-state index in [4.69, 9.17) is 10.00 Å². The number of likely N-dealkylation sites (tertiary alicyclic amines) is 1. The van der Waals surface area contributed by atoms with Gasteiger partial charge in [0, 0.05) is 12.1 Å². The zero-order valence-electron chi connectivity index (χ0n) is 12.9. The molecule has 0 bridgehead atoms. The molecule has 0 N–H and O–H groups in total. The molecule has 0 aliphatic carbocycles. The van der Waals surface area contributed by atoms with E-state index in [9.17, 15) is 4.79 Å². The predicted octanol–water partition coefficient (Wildman–Crippen LogP) is 3.12. The molecule has 4 heteroatoms. The monoisotopic (exact) mass is 286 g/mol. The van der Waals surface area contributed by atoms with E-state index in [-0.39, 0.29) is 18.0 Å². The predicted molar refractivity (Wildman–Crippen MR) is 80.9 cm³/mol. The Labute approximate surface area is 126 Å². The Hall–Kier alpha value is -2.02. The van der Waals surface area contributed by atoms with Gasteiger partial charge in [-0.1, -0.05) is 12.1 Å². The van der Waals surface area contributed by atoms with Crippen molar-refractivity contribution in [1.82, 2.24) is 4.90 Å². The first-order chi connectivity index (χ1) is 10.0. The van der Waals surface area contributed by atoms with Crippen molar-refractivity contribution in [2.24, 2.45) is 0 Å². The highest BCUT2D eigenvalue weighted by molar-refractivity contribution is 5.81. The normalized spacial score (nSPS) is 23.2. The van der Waals surface area contributed by atoms with E-state index >= 15 is 0 Å². The van der Waals surface area contributed by atoms with Crippen LogP contribution in [0.15, 0.2) is 24.3 Å². The SMILES string of the molecule is C[C@@H]1CCC[C@@H](C)N1C(=O)[C@@H](C)Oc1ccccc1C#N. The number of nitrogens with zero attached hydrogens (tertiary/aromatic N) is 2. The molecule has 21 heavy (non-hydrogen) atoms. The van der Waals surface area contributed by atoms with Crippen LogP contribution in [0.2, 0.25) is 0 Å². The topological polar surface area (TPSA) is 53.3 Å². The number of hydrogen-bond donors (Lipinski definition) is 0. The summed E-state index contributed by atoms with van der Waals surface area (Å²) in [6.07, 6.45) is 2.66. The Balaban J connectivity index is 2.11. The van der Waals surface area contributed by atoms with Crippen molar-refractivity contribution < 1.29 is 9.53 Å². The fourth-order valence-electron chi connectivity index (χ4n) is 2.97. The van der Waals surface area contributed by atoms with Crippen LogP contribution in [0.25, 0.3) is 0 Å². The van der Waals surface area contributed by atoms with Gasteiger partial charge in [0.1, 0.15) is 11.8 Å². The summed E-state index contributed by atoms with van der Waals surface area (Å²) in [6, 6.07) is 9.59. The van der Waals surface area contributed by atoms with E-state index in [2.05, 4.69) is 19.9 Å². The zero-order chi connectivity index (χ0) is 15.4. The fraction of sp³-hybridized carbons (Fsp3) is 0.529. The minimum Gasteiger partial charge on any atom is -0.480 e. The molecule has 1 fully saturated rings. The lowest BCUT2D eigenvalue weighted by Gasteiger charge is -2.40. The number of rotatable bonds is 3. The Morgan fingerprint density at radius 3 is 2.57 bits per heavy atom. The maximum Gasteiger partial charge on any atom is 0.263 e. The number of benzene rings is 1. The lowest BCUT2D eigenvalue weighted by molar-refractivity contribution is -0.144. The van der Waals surface area contributed by atoms with Crippen LogP contribution in [0.5, 0.6) is 5.75 Å². The van der Waals surface area contributed by atoms with Crippen LogP contribution < -0.4 is 4.74 Å². The first-order valence-electron chi connectivity index (χ1n) is 7.52. The molecule has 1 aliphatic rings. The summed E-state index contributed by atoms with van der Waals surface area (Å²) < 4.78 is 5.73. The van der Waals surface area contributed by atoms with Crippen LogP contribution in [0, 0.1) is 11.3 Å². The van der Waals surface area contributed by atoms with Gasteiger partial charge in [-0.05, 0) is 52.2 Å². The highest BCUT2D eigenvalue weighted by Gasteiger charge is 2.32. The smallest absolute Gasteiger partial charge is 0.263 e. The van der Waals surface area contributed by atoms with Crippen LogP contribution in [-0.2, 0) is 4.79 Å². The summed E-state index contributed by atoms with van der Waals surface area (Å²) in [4.78, 5) is 14.6. The molecule has 2 rings (SSSR count). The lowest BCUT2D eigenvalue weighted by Crippen LogP contribution is -2.51. The van der Waals surface area contributed by atoms with Crippen LogP contribution in [-0.4, -0.2) is 29.0 Å². The van der Waals surface area contributed by atoms with Crippen molar-refractivity contribution in [1.29, 1.82) is 5.26 Å². The molecule has 1 saturated heterocycles. The third-order valence-corrected chi connectivity index (χ3v) is 4.11. The van der Waals surface area contributed by atoms with Gasteiger partial charge >= 0.3 is 0 Å². The van der Waals surface area contributed by atoms with Gasteiger partial charge in [-0.2, -0.15) is 5.26 Å². The second kappa shape index (κ2) is 6.62. The number of para-hydroxylation sites is 1. The quantitative estimate of drug-likeness (QED) is 0.858. The van der Waals surface area contributed by atoms with Gasteiger partial charge in [0.25, 0.3) is 5.91 Å². The second-order valence-corrected chi connectivity index (χ2v) is 5.74. The first-order valence-corrected chi connectivity index (χ1v) is 7.52. The van der Waals surface area contributed by atoms with Gasteiger partial charge < -0.3 is 9.64 Å². The number of ether oxygens (including phenoxy) is 1. The molecule has 0 spiro atoms. The average Bonchev–Trinajstić information content (AvgIpc) is 2.47. The molecule has 1 amide bonds. The fourth-order valence-corrected chi connectivity index (χ4v) is 2.97. The summed E-state index contributed by atoms with van der Waals surface area (Å²) in [7, 11) is 0. The summed E-state index contributed by atoms with van der Waals surface area (Å²) >= 11 is 0. The Bertz CT molecular complexity index is 540. The van der Waals surface area contributed by atoms with E-state index in [1.54, 1.807) is 31.2 Å². The molecule has 112 valence electrons. The summed E-state index contributed by atoms with van der Waals surface area (Å²) in [5.41, 5.74) is 0.455. The van der Waals surface area contributed by atoms with E-state index in [1.165, 1.54) is 6.42 Å². The van der Waals surface area contributed by atoms with Crippen LogP contribution in [0.4, 0.5) is 0 Å². The van der Waals surface area contributed by atoms with Gasteiger partial charge in [0.15, 0.2) is 6.10 Å². The van der Waals surface area contributed by atoms with Gasteiger partial charge in [0.05, 0.1) is 5.56 Å². The van der Waals surface area contributed by atoms with Crippen LogP contribution in [0.3, 0.4) is 0 Å². The third kappa shape index (κ3) is 3.36. The summed E-state index contributed by atoms with van der Waals surface area (Å²) in [5, 5.41) is 9.08. The number of amides is 1. The van der Waals surface area contributed by atoms with Crippen molar-refractivity contribution in [2.45, 2.75) is 58.2 Å². The van der Waals surface area contributed by atoms with Crippen molar-refractivity contribution >= 4 is 5.91 Å². The number of carbonyl (C=O) groups is 1. The van der Waals surface area contributed by atoms with Crippen molar-refractivity contribution in [3.8, 4) is 11.8 Å². The zero-order valence-corrected chi connectivity index (χ0v) is 12.9. The second-order valence-electron chi connectivity index (χ2n) is 5.74. The molecule has 4 nitrogen and oxygen atoms in total. The van der Waals surface area contributed by atoms with Gasteiger partial charge in [-0.15, -0.1) is 0 Å². The van der Waals surface area contributed by atoms with Crippen LogP contribution in [0.1, 0.15) is 45.6 Å². The molecule has 1 aromatic rings. The highest BCUT2D eigenvalue weighted by atomic mass is 16.5. The first kappa shape index (κ1) is 15.4. The summed E-state index contributed by atoms with van der Waals surface area (Å²) in [6.45, 7) is 5.93. The third-order valence-electron chi connectivity index (χ3n) is 4.11.